The van der Waals surface area contributed by atoms with Gasteiger partial charge < -0.3 is 14.7 Å². The summed E-state index contributed by atoms with van der Waals surface area (Å²) in [5.41, 5.74) is 25.8. The maximum Gasteiger partial charge on any atom is 0.252 e. The summed E-state index contributed by atoms with van der Waals surface area (Å²) in [5, 5.41) is 0. The fourth-order valence-electron chi connectivity index (χ4n) is 12.7. The molecule has 8 aromatic carbocycles. The number of fused-ring (bicyclic) bond motifs is 8. The van der Waals surface area contributed by atoms with Crippen molar-refractivity contribution >= 4 is 74.3 Å². The second kappa shape index (κ2) is 15.6. The van der Waals surface area contributed by atoms with Crippen LogP contribution < -0.4 is 31.1 Å². The van der Waals surface area contributed by atoms with E-state index in [2.05, 4.69) is 268 Å². The minimum atomic E-state index is -0.142. The van der Waals surface area contributed by atoms with Crippen molar-refractivity contribution in [1.82, 2.24) is 0 Å². The molecule has 0 spiro atoms. The number of rotatable bonds is 5. The molecule has 0 aromatic heterocycles. The van der Waals surface area contributed by atoms with E-state index in [1.807, 2.05) is 0 Å². The third-order valence-electron chi connectivity index (χ3n) is 17.0. The Balaban J connectivity index is 1.20. The Morgan fingerprint density at radius 2 is 0.930 bits per heavy atom. The van der Waals surface area contributed by atoms with E-state index in [0.717, 1.165) is 29.9 Å². The molecule has 0 N–H and O–H groups in total. The molecule has 4 heteroatoms. The topological polar surface area (TPSA) is 9.72 Å². The third-order valence-corrected chi connectivity index (χ3v) is 17.0. The molecule has 354 valence electrons. The summed E-state index contributed by atoms with van der Waals surface area (Å²) in [7, 11) is 0. The Hall–Kier alpha value is -6.78. The van der Waals surface area contributed by atoms with E-state index in [9.17, 15) is 0 Å². The first-order chi connectivity index (χ1) is 33.7. The van der Waals surface area contributed by atoms with Crippen molar-refractivity contribution < 1.29 is 0 Å². The number of benzene rings is 8. The first-order valence-electron chi connectivity index (χ1n) is 26.1. The second-order valence-electron chi connectivity index (χ2n) is 25.0. The number of hydrogen-bond acceptors (Lipinski definition) is 3. The maximum absolute atomic E-state index is 2.67. The molecule has 0 amide bonds. The molecular weight excluding hydrogens is 858 g/mol. The van der Waals surface area contributed by atoms with Crippen LogP contribution in [0.1, 0.15) is 129 Å². The molecular formula is C67H68BN3. The Bertz CT molecular complexity index is 3380. The van der Waals surface area contributed by atoms with Gasteiger partial charge in [-0.2, -0.15) is 0 Å². The van der Waals surface area contributed by atoms with Crippen LogP contribution in [0.5, 0.6) is 0 Å². The number of hydrogen-bond donors (Lipinski definition) is 0. The second-order valence-corrected chi connectivity index (χ2v) is 25.0. The van der Waals surface area contributed by atoms with Gasteiger partial charge in [-0.1, -0.05) is 174 Å². The fourth-order valence-corrected chi connectivity index (χ4v) is 12.7. The van der Waals surface area contributed by atoms with Crippen LogP contribution in [0.3, 0.4) is 0 Å². The van der Waals surface area contributed by atoms with Crippen LogP contribution in [0.4, 0.5) is 51.2 Å². The zero-order valence-electron chi connectivity index (χ0n) is 44.0. The predicted molar refractivity (Wildman–Crippen MR) is 305 cm³/mol. The minimum absolute atomic E-state index is 0.0171. The van der Waals surface area contributed by atoms with Crippen molar-refractivity contribution in [1.29, 1.82) is 0 Å². The van der Waals surface area contributed by atoms with Crippen LogP contribution in [0.25, 0.3) is 11.1 Å². The standard InChI is InChI=1S/C67H68BN3/c1-63(2,3)43-27-29-47(30-28-43)70-59-42-55-54(65(7,8)35-36-66(55,9)10)41-57(59)68-56-34-32-49(69(45-21-15-13-16-22-45)46-23-17-14-18-24-46)40-58(56)71(61-38-44(64(4,5)6)37-60(70)62(61)68)48-31-33-53-51(39-48)50-25-19-20-26-52(50)67(53,11)12/h13-34,37-42H,35-36H2,1-12H3. The molecule has 8 aromatic rings. The van der Waals surface area contributed by atoms with Gasteiger partial charge in [-0.25, -0.2) is 0 Å². The van der Waals surface area contributed by atoms with E-state index in [1.54, 1.807) is 0 Å². The summed E-state index contributed by atoms with van der Waals surface area (Å²) in [6.07, 6.45) is 2.32. The van der Waals surface area contributed by atoms with Crippen LogP contribution in [0.15, 0.2) is 170 Å². The van der Waals surface area contributed by atoms with E-state index >= 15 is 0 Å². The molecule has 0 radical (unpaired) electrons. The molecule has 0 saturated heterocycles. The van der Waals surface area contributed by atoms with Crippen LogP contribution in [-0.2, 0) is 27.1 Å². The summed E-state index contributed by atoms with van der Waals surface area (Å²) in [5.74, 6) is 0. The molecule has 71 heavy (non-hydrogen) atoms. The van der Waals surface area contributed by atoms with Crippen LogP contribution in [0, 0.1) is 0 Å². The van der Waals surface area contributed by atoms with Crippen molar-refractivity contribution in [3.63, 3.8) is 0 Å². The van der Waals surface area contributed by atoms with E-state index in [1.165, 1.54) is 95.0 Å². The van der Waals surface area contributed by atoms with Gasteiger partial charge in [-0.15, -0.1) is 0 Å². The Morgan fingerprint density at radius 1 is 0.408 bits per heavy atom. The summed E-state index contributed by atoms with van der Waals surface area (Å²) in [6, 6.07) is 65.4. The van der Waals surface area contributed by atoms with Crippen molar-refractivity contribution in [2.75, 3.05) is 14.7 Å². The molecule has 3 nitrogen and oxygen atoms in total. The molecule has 2 heterocycles. The SMILES string of the molecule is CC(C)(C)c1ccc(N2c3cc4c(cc3B3c5ccc(N(c6ccccc6)c6ccccc6)cc5N(c5ccc6c(c5)-c5ccccc5C6(C)C)c5cc(C(C)(C)C)cc2c53)C(C)(C)CCC4(C)C)cc1. The highest BCUT2D eigenvalue weighted by atomic mass is 15.2. The zero-order valence-corrected chi connectivity index (χ0v) is 44.0. The zero-order chi connectivity index (χ0) is 49.6. The molecule has 0 saturated carbocycles. The summed E-state index contributed by atoms with van der Waals surface area (Å²) < 4.78 is 0. The summed E-state index contributed by atoms with van der Waals surface area (Å²) in [6.45, 7) is 28.7. The predicted octanol–water partition coefficient (Wildman–Crippen LogP) is 16.5. The average Bonchev–Trinajstić information content (AvgIpc) is 3.57. The Labute approximate surface area is 424 Å². The maximum atomic E-state index is 2.67. The largest absolute Gasteiger partial charge is 0.311 e. The normalized spacial score (nSPS) is 16.6. The van der Waals surface area contributed by atoms with E-state index in [4.69, 9.17) is 0 Å². The van der Waals surface area contributed by atoms with Crippen molar-refractivity contribution in [2.45, 2.75) is 123 Å². The van der Waals surface area contributed by atoms with Crippen LogP contribution in [0.2, 0.25) is 0 Å². The monoisotopic (exact) mass is 926 g/mol. The first kappa shape index (κ1) is 45.4. The lowest BCUT2D eigenvalue weighted by molar-refractivity contribution is 0.332. The van der Waals surface area contributed by atoms with Gasteiger partial charge in [0.05, 0.1) is 0 Å². The molecule has 0 bridgehead atoms. The fraction of sp³-hybridized carbons (Fsp3) is 0.284. The van der Waals surface area contributed by atoms with Gasteiger partial charge in [-0.05, 0) is 174 Å². The van der Waals surface area contributed by atoms with Gasteiger partial charge in [0.2, 0.25) is 0 Å². The van der Waals surface area contributed by atoms with Gasteiger partial charge in [0, 0.05) is 56.6 Å². The van der Waals surface area contributed by atoms with Crippen LogP contribution >= 0.6 is 0 Å². The minimum Gasteiger partial charge on any atom is -0.311 e. The van der Waals surface area contributed by atoms with Gasteiger partial charge >= 0.3 is 0 Å². The number of anilines is 9. The molecule has 4 aliphatic rings. The lowest BCUT2D eigenvalue weighted by Crippen LogP contribution is -2.62. The third kappa shape index (κ3) is 7.06. The quantitative estimate of drug-likeness (QED) is 0.159. The van der Waals surface area contributed by atoms with Gasteiger partial charge in [0.25, 0.3) is 6.71 Å². The van der Waals surface area contributed by atoms with Crippen LogP contribution in [-0.4, -0.2) is 6.71 Å². The Kier molecular flexibility index (Phi) is 9.98. The summed E-state index contributed by atoms with van der Waals surface area (Å²) >= 11 is 0. The Morgan fingerprint density at radius 3 is 1.54 bits per heavy atom. The summed E-state index contributed by atoms with van der Waals surface area (Å²) in [4.78, 5) is 7.71. The highest BCUT2D eigenvalue weighted by molar-refractivity contribution is 7.00. The molecule has 0 unspecified atom stereocenters. The molecule has 2 aliphatic carbocycles. The van der Waals surface area contributed by atoms with Crippen molar-refractivity contribution in [3.8, 4) is 11.1 Å². The first-order valence-corrected chi connectivity index (χ1v) is 26.1. The smallest absolute Gasteiger partial charge is 0.252 e. The molecule has 0 atom stereocenters. The van der Waals surface area contributed by atoms with E-state index < -0.39 is 0 Å². The van der Waals surface area contributed by atoms with Crippen molar-refractivity contribution in [2.24, 2.45) is 0 Å². The highest BCUT2D eigenvalue weighted by Crippen LogP contribution is 2.54. The lowest BCUT2D eigenvalue weighted by atomic mass is 9.33. The van der Waals surface area contributed by atoms with E-state index in [-0.39, 0.29) is 33.8 Å². The average molecular weight is 926 g/mol. The molecule has 12 rings (SSSR count). The molecule has 0 fully saturated rings. The number of para-hydroxylation sites is 2. The van der Waals surface area contributed by atoms with Gasteiger partial charge in [0.15, 0.2) is 0 Å². The molecule has 2 aliphatic heterocycles. The highest BCUT2D eigenvalue weighted by Gasteiger charge is 2.47. The van der Waals surface area contributed by atoms with Gasteiger partial charge in [0.1, 0.15) is 0 Å². The van der Waals surface area contributed by atoms with E-state index in [0.29, 0.717) is 0 Å². The lowest BCUT2D eigenvalue weighted by Gasteiger charge is -2.48. The van der Waals surface area contributed by atoms with Crippen molar-refractivity contribution in [3.05, 3.63) is 203 Å². The number of nitrogens with zero attached hydrogens (tertiary/aromatic N) is 3. The van der Waals surface area contributed by atoms with Gasteiger partial charge in [-0.3, -0.25) is 0 Å².